The van der Waals surface area contributed by atoms with Crippen LogP contribution in [0.2, 0.25) is 0 Å². The zero-order chi connectivity index (χ0) is 25.2. The van der Waals surface area contributed by atoms with Crippen LogP contribution in [0.4, 0.5) is 10.1 Å². The highest BCUT2D eigenvalue weighted by atomic mass is 19.1. The summed E-state index contributed by atoms with van der Waals surface area (Å²) in [4.78, 5) is 6.82. The van der Waals surface area contributed by atoms with Gasteiger partial charge in [-0.3, -0.25) is 14.3 Å². The van der Waals surface area contributed by atoms with E-state index in [1.807, 2.05) is 31.2 Å². The number of nitrogen functional groups attached to an aromatic ring is 1. The first-order chi connectivity index (χ1) is 17.5. The van der Waals surface area contributed by atoms with E-state index in [2.05, 4.69) is 9.88 Å². The summed E-state index contributed by atoms with van der Waals surface area (Å²) in [6.45, 7) is 4.54. The van der Waals surface area contributed by atoms with Crippen LogP contribution in [0.15, 0.2) is 54.7 Å². The molecule has 0 saturated carbocycles. The number of allylic oxidation sites excluding steroid dienone is 1. The van der Waals surface area contributed by atoms with Crippen molar-refractivity contribution in [3.05, 3.63) is 77.1 Å². The van der Waals surface area contributed by atoms with Crippen LogP contribution in [0.3, 0.4) is 0 Å². The Balaban J connectivity index is 1.43. The number of nitrogens with one attached hydrogen (secondary N) is 1. The van der Waals surface area contributed by atoms with Crippen LogP contribution in [0, 0.1) is 11.3 Å². The number of likely N-dealkylation sites (tertiary alicyclic amines) is 1. The molecule has 0 aliphatic carbocycles. The lowest BCUT2D eigenvalue weighted by Crippen LogP contribution is -2.49. The molecule has 2 aliphatic rings. The Kier molecular flexibility index (Phi) is 6.61. The number of anilines is 1. The Morgan fingerprint density at radius 1 is 1.25 bits per heavy atom. The molecule has 186 valence electrons. The summed E-state index contributed by atoms with van der Waals surface area (Å²) in [6, 6.07) is 14.3. The number of fused-ring (bicyclic) bond motifs is 1. The first-order valence-electron chi connectivity index (χ1n) is 12.0. The number of aromatic nitrogens is 1. The van der Waals surface area contributed by atoms with E-state index in [9.17, 15) is 9.50 Å². The standard InChI is InChI=1S/C28H29FN4O3/c1-17-26(19-3-2-4-20(34)11-19)28(36-25-8-6-23(31)22(13-30)27(17)25)24-7-5-21(14-32-24)35-10-9-33-15-18(12-29)16-33/h2-8,11,13-14,18,28,30,34H,9-10,12,15-16,31H2,1H3. The average Bonchev–Trinajstić information content (AvgIpc) is 2.86. The molecule has 1 aromatic heterocycles. The molecule has 2 aromatic carbocycles. The molecule has 1 unspecified atom stereocenters. The molecule has 0 amide bonds. The molecular formula is C28H29FN4O3. The normalized spacial score (nSPS) is 17.8. The Morgan fingerprint density at radius 2 is 2.08 bits per heavy atom. The first-order valence-corrected chi connectivity index (χ1v) is 12.0. The van der Waals surface area contributed by atoms with E-state index in [-0.39, 0.29) is 18.3 Å². The Hall–Kier alpha value is -3.91. The fourth-order valence-electron chi connectivity index (χ4n) is 4.90. The molecule has 1 atom stereocenters. The van der Waals surface area contributed by atoms with E-state index in [0.29, 0.717) is 35.1 Å². The van der Waals surface area contributed by atoms with Crippen molar-refractivity contribution in [3.8, 4) is 17.2 Å². The smallest absolute Gasteiger partial charge is 0.166 e. The monoisotopic (exact) mass is 488 g/mol. The number of pyridine rings is 1. The number of nitrogens with two attached hydrogens (primary N) is 1. The summed E-state index contributed by atoms with van der Waals surface area (Å²) in [5.74, 6) is 1.58. The number of hydrogen-bond acceptors (Lipinski definition) is 7. The average molecular weight is 489 g/mol. The van der Waals surface area contributed by atoms with E-state index >= 15 is 0 Å². The van der Waals surface area contributed by atoms with E-state index < -0.39 is 6.10 Å². The molecule has 7 nitrogen and oxygen atoms in total. The third-order valence-electron chi connectivity index (χ3n) is 6.78. The molecule has 36 heavy (non-hydrogen) atoms. The number of ether oxygens (including phenoxy) is 2. The lowest BCUT2D eigenvalue weighted by molar-refractivity contribution is 0.0668. The minimum absolute atomic E-state index is 0.147. The van der Waals surface area contributed by atoms with Crippen LogP contribution >= 0.6 is 0 Å². The minimum atomic E-state index is -0.533. The summed E-state index contributed by atoms with van der Waals surface area (Å²) < 4.78 is 24.9. The zero-order valence-electron chi connectivity index (χ0n) is 20.1. The van der Waals surface area contributed by atoms with E-state index in [4.69, 9.17) is 20.6 Å². The van der Waals surface area contributed by atoms with Crippen molar-refractivity contribution in [2.45, 2.75) is 13.0 Å². The second-order valence-corrected chi connectivity index (χ2v) is 9.22. The van der Waals surface area contributed by atoms with Crippen molar-refractivity contribution in [1.29, 1.82) is 5.41 Å². The van der Waals surface area contributed by atoms with E-state index in [1.54, 1.807) is 30.5 Å². The second-order valence-electron chi connectivity index (χ2n) is 9.22. The summed E-state index contributed by atoms with van der Waals surface area (Å²) in [6.07, 6.45) is 2.38. The third kappa shape index (κ3) is 4.52. The fourth-order valence-corrected chi connectivity index (χ4v) is 4.90. The third-order valence-corrected chi connectivity index (χ3v) is 6.78. The van der Waals surface area contributed by atoms with Gasteiger partial charge in [0.15, 0.2) is 6.10 Å². The van der Waals surface area contributed by atoms with Crippen LogP contribution in [0.1, 0.15) is 35.4 Å². The molecule has 1 fully saturated rings. The van der Waals surface area contributed by atoms with Gasteiger partial charge in [-0.15, -0.1) is 0 Å². The van der Waals surface area contributed by atoms with Gasteiger partial charge in [0.05, 0.1) is 18.6 Å². The Bertz CT molecular complexity index is 1300. The summed E-state index contributed by atoms with van der Waals surface area (Å²) in [5.41, 5.74) is 11.2. The number of aromatic hydroxyl groups is 1. The van der Waals surface area contributed by atoms with Gasteiger partial charge >= 0.3 is 0 Å². The fraction of sp³-hybridized carbons (Fsp3) is 0.286. The topological polar surface area (TPSA) is 105 Å². The number of phenols is 1. The van der Waals surface area contributed by atoms with Crippen LogP contribution in [-0.2, 0) is 0 Å². The Morgan fingerprint density at radius 3 is 2.78 bits per heavy atom. The SMILES string of the molecule is CC1=C(c2cccc(O)c2)C(c2ccc(OCCN3CC(CF)C3)cn2)Oc2ccc(N)c(C=N)c21. The first kappa shape index (κ1) is 23.8. The van der Waals surface area contributed by atoms with Crippen LogP contribution in [0.25, 0.3) is 11.1 Å². The number of nitrogens with zero attached hydrogens (tertiary/aromatic N) is 2. The van der Waals surface area contributed by atoms with Gasteiger partial charge in [-0.05, 0) is 54.5 Å². The molecule has 3 aromatic rings. The number of halogens is 1. The minimum Gasteiger partial charge on any atom is -0.508 e. The molecule has 2 aliphatic heterocycles. The molecule has 0 bridgehead atoms. The predicted octanol–water partition coefficient (Wildman–Crippen LogP) is 4.71. The van der Waals surface area contributed by atoms with E-state index in [1.165, 1.54) is 6.21 Å². The maximum Gasteiger partial charge on any atom is 0.166 e. The maximum atomic E-state index is 12.6. The van der Waals surface area contributed by atoms with Crippen molar-refractivity contribution in [3.63, 3.8) is 0 Å². The lowest BCUT2D eigenvalue weighted by Gasteiger charge is -2.37. The lowest BCUT2D eigenvalue weighted by atomic mass is 9.85. The predicted molar refractivity (Wildman–Crippen MR) is 138 cm³/mol. The second kappa shape index (κ2) is 9.99. The van der Waals surface area contributed by atoms with Gasteiger partial charge in [-0.2, -0.15) is 0 Å². The summed E-state index contributed by atoms with van der Waals surface area (Å²) in [5, 5.41) is 18.1. The van der Waals surface area contributed by atoms with Crippen molar-refractivity contribution in [2.75, 3.05) is 38.6 Å². The number of alkyl halides is 1. The van der Waals surface area contributed by atoms with Gasteiger partial charge in [-0.1, -0.05) is 12.1 Å². The van der Waals surface area contributed by atoms with Crippen molar-refractivity contribution < 1.29 is 19.0 Å². The van der Waals surface area contributed by atoms with Gasteiger partial charge in [0, 0.05) is 54.2 Å². The summed E-state index contributed by atoms with van der Waals surface area (Å²) >= 11 is 0. The Labute approximate surface area is 209 Å². The highest BCUT2D eigenvalue weighted by molar-refractivity contribution is 6.03. The molecule has 3 heterocycles. The quantitative estimate of drug-likeness (QED) is 0.313. The molecule has 8 heteroatoms. The highest BCUT2D eigenvalue weighted by Gasteiger charge is 2.32. The molecule has 4 N–H and O–H groups in total. The highest BCUT2D eigenvalue weighted by Crippen LogP contribution is 2.48. The number of phenolic OH excluding ortho intramolecular Hbond substituents is 1. The molecule has 0 radical (unpaired) electrons. The van der Waals surface area contributed by atoms with Crippen molar-refractivity contribution in [1.82, 2.24) is 9.88 Å². The zero-order valence-corrected chi connectivity index (χ0v) is 20.1. The van der Waals surface area contributed by atoms with Gasteiger partial charge in [-0.25, -0.2) is 0 Å². The van der Waals surface area contributed by atoms with Crippen LogP contribution in [0.5, 0.6) is 17.2 Å². The maximum absolute atomic E-state index is 12.6. The van der Waals surface area contributed by atoms with Gasteiger partial charge in [0.1, 0.15) is 23.9 Å². The molecule has 1 saturated heterocycles. The molecule has 0 spiro atoms. The van der Waals surface area contributed by atoms with Gasteiger partial charge < -0.3 is 25.7 Å². The number of rotatable bonds is 8. The van der Waals surface area contributed by atoms with Gasteiger partial charge in [0.2, 0.25) is 0 Å². The molecule has 5 rings (SSSR count). The van der Waals surface area contributed by atoms with Gasteiger partial charge in [0.25, 0.3) is 0 Å². The van der Waals surface area contributed by atoms with Crippen molar-refractivity contribution >= 4 is 23.0 Å². The van der Waals surface area contributed by atoms with Crippen molar-refractivity contribution in [2.24, 2.45) is 5.92 Å². The van der Waals surface area contributed by atoms with E-state index in [0.717, 1.165) is 41.9 Å². The van der Waals surface area contributed by atoms with Crippen LogP contribution in [-0.4, -0.2) is 54.1 Å². The number of benzene rings is 2. The molecular weight excluding hydrogens is 459 g/mol. The summed E-state index contributed by atoms with van der Waals surface area (Å²) in [7, 11) is 0. The largest absolute Gasteiger partial charge is 0.508 e. The number of hydrogen-bond donors (Lipinski definition) is 3. The van der Waals surface area contributed by atoms with Crippen LogP contribution < -0.4 is 15.2 Å².